The molecule has 0 aliphatic rings. The number of alkyl halides is 1. The summed E-state index contributed by atoms with van der Waals surface area (Å²) < 4.78 is 39.9. The van der Waals surface area contributed by atoms with Gasteiger partial charge in [-0.3, -0.25) is 0 Å². The molecule has 20 heavy (non-hydrogen) atoms. The van der Waals surface area contributed by atoms with E-state index in [1.807, 2.05) is 0 Å². The molecule has 0 heterocycles. The van der Waals surface area contributed by atoms with Gasteiger partial charge in [0, 0.05) is 5.88 Å². The molecule has 0 radical (unpaired) electrons. The maximum Gasteiger partial charge on any atom is 0.126 e. The average molecular weight is 299 g/mol. The lowest BCUT2D eigenvalue weighted by atomic mass is 9.94. The Balaban J connectivity index is 2.11. The Kier molecular flexibility index (Phi) is 5.07. The molecule has 0 amide bonds. The maximum absolute atomic E-state index is 13.6. The van der Waals surface area contributed by atoms with E-state index in [1.54, 1.807) is 12.1 Å². The number of hydrogen-bond donors (Lipinski definition) is 0. The summed E-state index contributed by atoms with van der Waals surface area (Å²) in [6.07, 6.45) is 0.848. The lowest BCUT2D eigenvalue weighted by molar-refractivity contribution is 0.535. The first-order valence-electron chi connectivity index (χ1n) is 6.33. The van der Waals surface area contributed by atoms with Gasteiger partial charge in [0.2, 0.25) is 0 Å². The smallest absolute Gasteiger partial charge is 0.126 e. The van der Waals surface area contributed by atoms with Crippen LogP contribution in [0.15, 0.2) is 42.5 Å². The maximum atomic E-state index is 13.6. The summed E-state index contributed by atoms with van der Waals surface area (Å²) in [6, 6.07) is 9.59. The van der Waals surface area contributed by atoms with Crippen LogP contribution in [-0.2, 0) is 12.8 Å². The zero-order valence-corrected chi connectivity index (χ0v) is 11.5. The van der Waals surface area contributed by atoms with Gasteiger partial charge in [0.25, 0.3) is 0 Å². The summed E-state index contributed by atoms with van der Waals surface area (Å²) in [5, 5.41) is 0. The van der Waals surface area contributed by atoms with Crippen LogP contribution in [0, 0.1) is 23.4 Å². The fraction of sp³-hybridized carbons (Fsp3) is 0.250. The fourth-order valence-electron chi connectivity index (χ4n) is 2.19. The van der Waals surface area contributed by atoms with Crippen molar-refractivity contribution in [3.05, 3.63) is 71.0 Å². The second-order valence-corrected chi connectivity index (χ2v) is 5.10. The van der Waals surface area contributed by atoms with E-state index in [4.69, 9.17) is 11.6 Å². The quantitative estimate of drug-likeness (QED) is 0.699. The van der Waals surface area contributed by atoms with Crippen molar-refractivity contribution in [2.24, 2.45) is 5.92 Å². The standard InChI is InChI=1S/C16H14ClF3/c17-10-12(6-11-2-1-3-14(18)8-11)7-13-9-15(19)4-5-16(13)20/h1-5,8-9,12H,6-7,10H2. The Morgan fingerprint density at radius 2 is 1.65 bits per heavy atom. The van der Waals surface area contributed by atoms with Crippen LogP contribution in [0.4, 0.5) is 13.2 Å². The van der Waals surface area contributed by atoms with Crippen LogP contribution in [0.3, 0.4) is 0 Å². The molecule has 2 aromatic rings. The first kappa shape index (κ1) is 14.9. The first-order chi connectivity index (χ1) is 9.58. The van der Waals surface area contributed by atoms with Gasteiger partial charge in [0.15, 0.2) is 0 Å². The van der Waals surface area contributed by atoms with Gasteiger partial charge < -0.3 is 0 Å². The molecule has 0 fully saturated rings. The van der Waals surface area contributed by atoms with E-state index < -0.39 is 11.6 Å². The van der Waals surface area contributed by atoms with Gasteiger partial charge in [-0.05, 0) is 60.2 Å². The van der Waals surface area contributed by atoms with Gasteiger partial charge in [-0.15, -0.1) is 11.6 Å². The molecule has 0 aromatic heterocycles. The summed E-state index contributed by atoms with van der Waals surface area (Å²) in [5.74, 6) is -1.00. The van der Waals surface area contributed by atoms with Crippen LogP contribution in [0.2, 0.25) is 0 Å². The van der Waals surface area contributed by atoms with Gasteiger partial charge in [-0.25, -0.2) is 13.2 Å². The molecule has 0 saturated carbocycles. The highest BCUT2D eigenvalue weighted by Gasteiger charge is 2.13. The zero-order valence-electron chi connectivity index (χ0n) is 10.8. The van der Waals surface area contributed by atoms with Crippen molar-refractivity contribution in [1.29, 1.82) is 0 Å². The van der Waals surface area contributed by atoms with Crippen LogP contribution < -0.4 is 0 Å². The number of benzene rings is 2. The number of halogens is 4. The molecule has 1 atom stereocenters. The third-order valence-electron chi connectivity index (χ3n) is 3.15. The molecule has 106 valence electrons. The Bertz CT molecular complexity index is 584. The molecular weight excluding hydrogens is 285 g/mol. The minimum Gasteiger partial charge on any atom is -0.207 e. The molecule has 0 bridgehead atoms. The summed E-state index contributed by atoms with van der Waals surface area (Å²) in [6.45, 7) is 0. The van der Waals surface area contributed by atoms with Gasteiger partial charge in [-0.1, -0.05) is 12.1 Å². The van der Waals surface area contributed by atoms with Crippen LogP contribution in [0.1, 0.15) is 11.1 Å². The molecule has 2 rings (SSSR count). The molecule has 0 aliphatic heterocycles. The first-order valence-corrected chi connectivity index (χ1v) is 6.86. The summed E-state index contributed by atoms with van der Waals surface area (Å²) in [7, 11) is 0. The van der Waals surface area contributed by atoms with Crippen molar-refractivity contribution in [2.45, 2.75) is 12.8 Å². The minimum absolute atomic E-state index is 0.0743. The molecule has 0 saturated heterocycles. The van der Waals surface area contributed by atoms with Crippen molar-refractivity contribution >= 4 is 11.6 Å². The Morgan fingerprint density at radius 3 is 2.35 bits per heavy atom. The second kappa shape index (κ2) is 6.80. The molecule has 2 aromatic carbocycles. The van der Waals surface area contributed by atoms with Gasteiger partial charge >= 0.3 is 0 Å². The molecule has 0 aliphatic carbocycles. The van der Waals surface area contributed by atoms with Crippen molar-refractivity contribution < 1.29 is 13.2 Å². The molecular formula is C16H14ClF3. The zero-order chi connectivity index (χ0) is 14.5. The van der Waals surface area contributed by atoms with Crippen LogP contribution in [0.25, 0.3) is 0 Å². The molecule has 0 N–H and O–H groups in total. The largest absolute Gasteiger partial charge is 0.207 e. The summed E-state index contributed by atoms with van der Waals surface area (Å²) >= 11 is 5.89. The van der Waals surface area contributed by atoms with Gasteiger partial charge in [0.1, 0.15) is 17.5 Å². The van der Waals surface area contributed by atoms with E-state index in [9.17, 15) is 13.2 Å². The minimum atomic E-state index is -0.472. The Labute approximate surface area is 121 Å². The van der Waals surface area contributed by atoms with Crippen molar-refractivity contribution in [3.63, 3.8) is 0 Å². The number of hydrogen-bond acceptors (Lipinski definition) is 0. The highest BCUT2D eigenvalue weighted by atomic mass is 35.5. The lowest BCUT2D eigenvalue weighted by Gasteiger charge is -2.14. The highest BCUT2D eigenvalue weighted by molar-refractivity contribution is 6.18. The molecule has 0 spiro atoms. The van der Waals surface area contributed by atoms with Crippen LogP contribution in [-0.4, -0.2) is 5.88 Å². The average Bonchev–Trinajstić information content (AvgIpc) is 2.42. The fourth-order valence-corrected chi connectivity index (χ4v) is 2.41. The van der Waals surface area contributed by atoms with E-state index in [0.29, 0.717) is 24.3 Å². The molecule has 1 unspecified atom stereocenters. The number of rotatable bonds is 5. The van der Waals surface area contributed by atoms with Gasteiger partial charge in [0.05, 0.1) is 0 Å². The normalized spacial score (nSPS) is 12.4. The Hall–Kier alpha value is -1.48. The topological polar surface area (TPSA) is 0 Å². The molecule has 4 heteroatoms. The third kappa shape index (κ3) is 4.01. The van der Waals surface area contributed by atoms with E-state index >= 15 is 0 Å². The third-order valence-corrected chi connectivity index (χ3v) is 3.58. The highest BCUT2D eigenvalue weighted by Crippen LogP contribution is 2.19. The van der Waals surface area contributed by atoms with Gasteiger partial charge in [-0.2, -0.15) is 0 Å². The predicted octanol–water partition coefficient (Wildman–Crippen LogP) is 4.74. The van der Waals surface area contributed by atoms with Crippen molar-refractivity contribution in [1.82, 2.24) is 0 Å². The van der Waals surface area contributed by atoms with E-state index in [-0.39, 0.29) is 11.7 Å². The second-order valence-electron chi connectivity index (χ2n) is 4.79. The van der Waals surface area contributed by atoms with E-state index in [0.717, 1.165) is 17.7 Å². The van der Waals surface area contributed by atoms with Crippen molar-refractivity contribution in [3.8, 4) is 0 Å². The SMILES string of the molecule is Fc1cccc(CC(CCl)Cc2cc(F)ccc2F)c1. The predicted molar refractivity (Wildman–Crippen MR) is 74.4 cm³/mol. The Morgan fingerprint density at radius 1 is 0.900 bits per heavy atom. The van der Waals surface area contributed by atoms with Crippen molar-refractivity contribution in [2.75, 3.05) is 5.88 Å². The van der Waals surface area contributed by atoms with Crippen LogP contribution >= 0.6 is 11.6 Å². The van der Waals surface area contributed by atoms with E-state index in [1.165, 1.54) is 18.2 Å². The molecule has 0 nitrogen and oxygen atoms in total. The van der Waals surface area contributed by atoms with E-state index in [2.05, 4.69) is 0 Å². The summed E-state index contributed by atoms with van der Waals surface area (Å²) in [4.78, 5) is 0. The van der Waals surface area contributed by atoms with Crippen LogP contribution in [0.5, 0.6) is 0 Å². The summed E-state index contributed by atoms with van der Waals surface area (Å²) in [5.41, 5.74) is 1.10. The monoisotopic (exact) mass is 298 g/mol. The lowest BCUT2D eigenvalue weighted by Crippen LogP contribution is -2.11.